The molecule has 168 valence electrons. The van der Waals surface area contributed by atoms with E-state index in [0.29, 0.717) is 17.8 Å². The zero-order valence-electron chi connectivity index (χ0n) is 18.2. The lowest BCUT2D eigenvalue weighted by Gasteiger charge is -2.26. The minimum absolute atomic E-state index is 0.155. The molecule has 1 aliphatic rings. The molecule has 0 aromatic heterocycles. The SMILES string of the molecule is Cc1ccc(CN(c2ccc(C(=O)NCCCN3CCOCC3)cc2)S(C)(=O)=O)cc1. The Morgan fingerprint density at radius 1 is 1.06 bits per heavy atom. The molecule has 1 N–H and O–H groups in total. The van der Waals surface area contributed by atoms with Gasteiger partial charge in [0.2, 0.25) is 10.0 Å². The first kappa shape index (κ1) is 23.2. The highest BCUT2D eigenvalue weighted by Crippen LogP contribution is 2.21. The minimum atomic E-state index is -3.47. The van der Waals surface area contributed by atoms with Crippen molar-refractivity contribution in [1.82, 2.24) is 10.2 Å². The fraction of sp³-hybridized carbons (Fsp3) is 0.435. The predicted molar refractivity (Wildman–Crippen MR) is 123 cm³/mol. The van der Waals surface area contributed by atoms with Gasteiger partial charge in [-0.05, 0) is 49.7 Å². The monoisotopic (exact) mass is 445 g/mol. The van der Waals surface area contributed by atoms with E-state index in [0.717, 1.165) is 50.4 Å². The Hall–Kier alpha value is -2.42. The van der Waals surface area contributed by atoms with Crippen LogP contribution in [0.25, 0.3) is 0 Å². The Morgan fingerprint density at radius 3 is 2.32 bits per heavy atom. The summed E-state index contributed by atoms with van der Waals surface area (Å²) in [5.74, 6) is -0.155. The summed E-state index contributed by atoms with van der Waals surface area (Å²) in [5, 5.41) is 2.93. The van der Waals surface area contributed by atoms with Crippen molar-refractivity contribution in [2.24, 2.45) is 0 Å². The molecule has 0 radical (unpaired) electrons. The number of carbonyl (C=O) groups is 1. The van der Waals surface area contributed by atoms with Crippen LogP contribution in [0.4, 0.5) is 5.69 Å². The number of carbonyl (C=O) groups excluding carboxylic acids is 1. The highest BCUT2D eigenvalue weighted by molar-refractivity contribution is 7.92. The summed E-state index contributed by atoms with van der Waals surface area (Å²) >= 11 is 0. The molecule has 0 unspecified atom stereocenters. The van der Waals surface area contributed by atoms with Crippen LogP contribution >= 0.6 is 0 Å². The van der Waals surface area contributed by atoms with Crippen LogP contribution in [0.5, 0.6) is 0 Å². The Labute approximate surface area is 185 Å². The topological polar surface area (TPSA) is 79.0 Å². The normalized spacial score (nSPS) is 14.9. The summed E-state index contributed by atoms with van der Waals surface area (Å²) < 4.78 is 31.4. The zero-order valence-corrected chi connectivity index (χ0v) is 19.0. The molecule has 8 heteroatoms. The average Bonchev–Trinajstić information content (AvgIpc) is 2.76. The van der Waals surface area contributed by atoms with Gasteiger partial charge in [-0.2, -0.15) is 0 Å². The van der Waals surface area contributed by atoms with Crippen LogP contribution in [0.3, 0.4) is 0 Å². The number of morpholine rings is 1. The van der Waals surface area contributed by atoms with Crippen LogP contribution in [0.2, 0.25) is 0 Å². The maximum absolute atomic E-state index is 12.4. The van der Waals surface area contributed by atoms with Crippen molar-refractivity contribution in [3.63, 3.8) is 0 Å². The first-order valence-corrected chi connectivity index (χ1v) is 12.4. The van der Waals surface area contributed by atoms with Crippen molar-refractivity contribution in [1.29, 1.82) is 0 Å². The third-order valence-electron chi connectivity index (χ3n) is 5.30. The number of hydrogen-bond acceptors (Lipinski definition) is 5. The van der Waals surface area contributed by atoms with Crippen LogP contribution < -0.4 is 9.62 Å². The summed E-state index contributed by atoms with van der Waals surface area (Å²) in [6.45, 7) is 7.19. The summed E-state index contributed by atoms with van der Waals surface area (Å²) in [4.78, 5) is 14.8. The van der Waals surface area contributed by atoms with Gasteiger partial charge >= 0.3 is 0 Å². The fourth-order valence-corrected chi connectivity index (χ4v) is 4.36. The second kappa shape index (κ2) is 10.7. The van der Waals surface area contributed by atoms with Gasteiger partial charge in [-0.15, -0.1) is 0 Å². The number of nitrogens with zero attached hydrogens (tertiary/aromatic N) is 2. The summed E-state index contributed by atoms with van der Waals surface area (Å²) in [6.07, 6.45) is 2.07. The lowest BCUT2D eigenvalue weighted by atomic mass is 10.1. The molecule has 0 aliphatic carbocycles. The number of sulfonamides is 1. The smallest absolute Gasteiger partial charge is 0.251 e. The van der Waals surface area contributed by atoms with E-state index in [-0.39, 0.29) is 12.5 Å². The van der Waals surface area contributed by atoms with E-state index in [1.807, 2.05) is 31.2 Å². The molecule has 1 saturated heterocycles. The van der Waals surface area contributed by atoms with E-state index < -0.39 is 10.0 Å². The summed E-state index contributed by atoms with van der Waals surface area (Å²) in [7, 11) is -3.47. The molecule has 2 aromatic rings. The molecular weight excluding hydrogens is 414 g/mol. The average molecular weight is 446 g/mol. The third-order valence-corrected chi connectivity index (χ3v) is 6.45. The van der Waals surface area contributed by atoms with E-state index in [1.165, 1.54) is 10.6 Å². The number of nitrogens with one attached hydrogen (secondary N) is 1. The van der Waals surface area contributed by atoms with Gasteiger partial charge in [0.15, 0.2) is 0 Å². The molecular formula is C23H31N3O4S. The molecule has 1 aliphatic heterocycles. The molecule has 3 rings (SSSR count). The van der Waals surface area contributed by atoms with Gasteiger partial charge in [-0.3, -0.25) is 14.0 Å². The lowest BCUT2D eigenvalue weighted by Crippen LogP contribution is -2.38. The molecule has 1 fully saturated rings. The maximum Gasteiger partial charge on any atom is 0.251 e. The first-order chi connectivity index (χ1) is 14.8. The van der Waals surface area contributed by atoms with E-state index in [1.54, 1.807) is 24.3 Å². The largest absolute Gasteiger partial charge is 0.379 e. The predicted octanol–water partition coefficient (Wildman–Crippen LogP) is 2.41. The van der Waals surface area contributed by atoms with E-state index in [9.17, 15) is 13.2 Å². The molecule has 0 bridgehead atoms. The van der Waals surface area contributed by atoms with Crippen molar-refractivity contribution < 1.29 is 17.9 Å². The van der Waals surface area contributed by atoms with Gasteiger partial charge in [-0.25, -0.2) is 8.42 Å². The Balaban J connectivity index is 1.57. The van der Waals surface area contributed by atoms with Crippen LogP contribution in [0.15, 0.2) is 48.5 Å². The quantitative estimate of drug-likeness (QED) is 0.600. The zero-order chi connectivity index (χ0) is 22.3. The molecule has 31 heavy (non-hydrogen) atoms. The second-order valence-corrected chi connectivity index (χ2v) is 9.77. The number of amides is 1. The van der Waals surface area contributed by atoms with Gasteiger partial charge in [0, 0.05) is 25.2 Å². The van der Waals surface area contributed by atoms with E-state index >= 15 is 0 Å². The van der Waals surface area contributed by atoms with Gasteiger partial charge in [0.05, 0.1) is 31.7 Å². The second-order valence-electron chi connectivity index (χ2n) is 7.87. The molecule has 1 amide bonds. The number of rotatable bonds is 9. The Morgan fingerprint density at radius 2 is 1.71 bits per heavy atom. The molecule has 2 aromatic carbocycles. The van der Waals surface area contributed by atoms with Crippen LogP contribution in [-0.2, 0) is 21.3 Å². The molecule has 0 atom stereocenters. The van der Waals surface area contributed by atoms with Gasteiger partial charge in [0.25, 0.3) is 5.91 Å². The van der Waals surface area contributed by atoms with Gasteiger partial charge in [0.1, 0.15) is 0 Å². The van der Waals surface area contributed by atoms with Gasteiger partial charge in [-0.1, -0.05) is 29.8 Å². The lowest BCUT2D eigenvalue weighted by molar-refractivity contribution is 0.0374. The Kier molecular flexibility index (Phi) is 8.06. The third kappa shape index (κ3) is 7.05. The molecule has 7 nitrogen and oxygen atoms in total. The van der Waals surface area contributed by atoms with Crippen molar-refractivity contribution in [2.45, 2.75) is 19.9 Å². The fourth-order valence-electron chi connectivity index (χ4n) is 3.47. The van der Waals surface area contributed by atoms with Crippen LogP contribution in [-0.4, -0.2) is 64.9 Å². The number of hydrogen-bond donors (Lipinski definition) is 1. The molecule has 0 saturated carbocycles. The molecule has 1 heterocycles. The number of anilines is 1. The Bertz CT molecular complexity index is 953. The number of benzene rings is 2. The maximum atomic E-state index is 12.4. The van der Waals surface area contributed by atoms with E-state index in [2.05, 4.69) is 10.2 Å². The van der Waals surface area contributed by atoms with Crippen molar-refractivity contribution in [3.8, 4) is 0 Å². The molecule has 0 spiro atoms. The van der Waals surface area contributed by atoms with Crippen LogP contribution in [0.1, 0.15) is 27.9 Å². The standard InChI is InChI=1S/C23H31N3O4S/c1-19-4-6-20(7-5-19)18-26(31(2,28)29)22-10-8-21(9-11-22)23(27)24-12-3-13-25-14-16-30-17-15-25/h4-11H,3,12-18H2,1-2H3,(H,24,27). The highest BCUT2D eigenvalue weighted by Gasteiger charge is 2.18. The number of aryl methyl sites for hydroxylation is 1. The van der Waals surface area contributed by atoms with Crippen LogP contribution in [0, 0.1) is 6.92 Å². The van der Waals surface area contributed by atoms with Crippen molar-refractivity contribution in [2.75, 3.05) is 50.0 Å². The van der Waals surface area contributed by atoms with Crippen molar-refractivity contribution >= 4 is 21.6 Å². The summed E-state index contributed by atoms with van der Waals surface area (Å²) in [6, 6.07) is 14.5. The van der Waals surface area contributed by atoms with Crippen molar-refractivity contribution in [3.05, 3.63) is 65.2 Å². The number of ether oxygens (including phenoxy) is 1. The minimum Gasteiger partial charge on any atom is -0.379 e. The highest BCUT2D eigenvalue weighted by atomic mass is 32.2. The van der Waals surface area contributed by atoms with E-state index in [4.69, 9.17) is 4.74 Å². The van der Waals surface area contributed by atoms with Gasteiger partial charge < -0.3 is 10.1 Å². The first-order valence-electron chi connectivity index (χ1n) is 10.5. The summed E-state index contributed by atoms with van der Waals surface area (Å²) in [5.41, 5.74) is 3.07.